The number of rotatable bonds is 5. The van der Waals surface area contributed by atoms with Crippen molar-refractivity contribution < 1.29 is 14.3 Å². The van der Waals surface area contributed by atoms with Gasteiger partial charge in [0.2, 0.25) is 0 Å². The Kier molecular flexibility index (Phi) is 4.83. The summed E-state index contributed by atoms with van der Waals surface area (Å²) in [5.74, 6) is 1.10. The molecule has 0 radical (unpaired) electrons. The molecule has 0 aliphatic heterocycles. The molecule has 1 unspecified atom stereocenters. The van der Waals surface area contributed by atoms with E-state index < -0.39 is 0 Å². The van der Waals surface area contributed by atoms with Gasteiger partial charge in [0.1, 0.15) is 17.2 Å². The average Bonchev–Trinajstić information content (AvgIpc) is 2.54. The number of hydrogen-bond acceptors (Lipinski definition) is 5. The van der Waals surface area contributed by atoms with E-state index in [4.69, 9.17) is 15.2 Å². The summed E-state index contributed by atoms with van der Waals surface area (Å²) in [5.41, 5.74) is 7.21. The zero-order valence-corrected chi connectivity index (χ0v) is 12.8. The molecule has 0 bridgehead atoms. The maximum Gasteiger partial charge on any atom is 0.270 e. The van der Waals surface area contributed by atoms with Crippen molar-refractivity contribution in [2.75, 3.05) is 20.0 Å². The monoisotopic (exact) mass is 301 g/mol. The third-order valence-electron chi connectivity index (χ3n) is 3.27. The van der Waals surface area contributed by atoms with Gasteiger partial charge >= 0.3 is 0 Å². The number of benzene rings is 1. The Morgan fingerprint density at radius 1 is 1.23 bits per heavy atom. The van der Waals surface area contributed by atoms with Gasteiger partial charge in [-0.2, -0.15) is 0 Å². The van der Waals surface area contributed by atoms with Crippen LogP contribution in [0.5, 0.6) is 11.5 Å². The summed E-state index contributed by atoms with van der Waals surface area (Å²) in [6.07, 6.45) is 1.45. The number of carbonyl (C=O) groups is 1. The highest BCUT2D eigenvalue weighted by Crippen LogP contribution is 2.29. The largest absolute Gasteiger partial charge is 0.497 e. The number of nitrogens with one attached hydrogen (secondary N) is 1. The number of nitrogens with zero attached hydrogens (tertiary/aromatic N) is 1. The number of amides is 1. The second-order valence-electron chi connectivity index (χ2n) is 4.78. The molecular weight excluding hydrogens is 282 g/mol. The van der Waals surface area contributed by atoms with Crippen LogP contribution < -0.4 is 20.5 Å². The van der Waals surface area contributed by atoms with Crippen molar-refractivity contribution in [3.05, 3.63) is 47.8 Å². The van der Waals surface area contributed by atoms with Crippen LogP contribution in [0.1, 0.15) is 29.0 Å². The van der Waals surface area contributed by atoms with E-state index in [2.05, 4.69) is 10.3 Å². The molecule has 3 N–H and O–H groups in total. The molecule has 1 atom stereocenters. The van der Waals surface area contributed by atoms with Crippen LogP contribution in [0.3, 0.4) is 0 Å². The first kappa shape index (κ1) is 15.6. The van der Waals surface area contributed by atoms with Crippen LogP contribution in [0.15, 0.2) is 36.5 Å². The van der Waals surface area contributed by atoms with E-state index in [1.807, 2.05) is 13.0 Å². The van der Waals surface area contributed by atoms with E-state index in [0.29, 0.717) is 22.9 Å². The fraction of sp³-hybridized carbons (Fsp3) is 0.250. The van der Waals surface area contributed by atoms with Crippen molar-refractivity contribution in [2.24, 2.45) is 0 Å². The van der Waals surface area contributed by atoms with Crippen molar-refractivity contribution in [1.82, 2.24) is 10.3 Å². The molecule has 6 heteroatoms. The molecule has 0 spiro atoms. The normalized spacial score (nSPS) is 11.6. The van der Waals surface area contributed by atoms with Gasteiger partial charge in [-0.1, -0.05) is 0 Å². The average molecular weight is 301 g/mol. The molecule has 2 aromatic rings. The van der Waals surface area contributed by atoms with E-state index in [9.17, 15) is 4.79 Å². The SMILES string of the molecule is COc1ccc(OC)c(C(C)NC(=O)c2ccc(N)cn2)c1. The van der Waals surface area contributed by atoms with E-state index >= 15 is 0 Å². The Bertz CT molecular complexity index is 656. The number of carbonyl (C=O) groups excluding carboxylic acids is 1. The van der Waals surface area contributed by atoms with Crippen LogP contribution in [-0.2, 0) is 0 Å². The number of aromatic nitrogens is 1. The number of nitrogens with two attached hydrogens (primary N) is 1. The first-order valence-electron chi connectivity index (χ1n) is 6.79. The summed E-state index contributed by atoms with van der Waals surface area (Å²) in [6.45, 7) is 1.87. The Morgan fingerprint density at radius 2 is 2.00 bits per heavy atom. The summed E-state index contributed by atoms with van der Waals surface area (Å²) in [7, 11) is 3.18. The highest BCUT2D eigenvalue weighted by atomic mass is 16.5. The smallest absolute Gasteiger partial charge is 0.270 e. The zero-order chi connectivity index (χ0) is 16.1. The van der Waals surface area contributed by atoms with Crippen LogP contribution in [0, 0.1) is 0 Å². The highest BCUT2D eigenvalue weighted by Gasteiger charge is 2.16. The van der Waals surface area contributed by atoms with Gasteiger partial charge in [-0.05, 0) is 37.3 Å². The minimum atomic E-state index is -0.280. The molecule has 2 rings (SSSR count). The second kappa shape index (κ2) is 6.80. The van der Waals surface area contributed by atoms with Gasteiger partial charge in [0.05, 0.1) is 32.1 Å². The van der Waals surface area contributed by atoms with Gasteiger partial charge < -0.3 is 20.5 Å². The van der Waals surface area contributed by atoms with E-state index in [1.54, 1.807) is 38.5 Å². The first-order chi connectivity index (χ1) is 10.5. The molecule has 22 heavy (non-hydrogen) atoms. The number of methoxy groups -OCH3 is 2. The van der Waals surface area contributed by atoms with Gasteiger partial charge in [-0.3, -0.25) is 4.79 Å². The van der Waals surface area contributed by atoms with Crippen LogP contribution >= 0.6 is 0 Å². The Hall–Kier alpha value is -2.76. The van der Waals surface area contributed by atoms with Crippen LogP contribution in [0.4, 0.5) is 5.69 Å². The summed E-state index contributed by atoms with van der Waals surface area (Å²) in [5, 5.41) is 2.88. The highest BCUT2D eigenvalue weighted by molar-refractivity contribution is 5.92. The summed E-state index contributed by atoms with van der Waals surface area (Å²) < 4.78 is 10.5. The van der Waals surface area contributed by atoms with E-state index in [0.717, 1.165) is 5.56 Å². The number of ether oxygens (including phenoxy) is 2. The lowest BCUT2D eigenvalue weighted by Crippen LogP contribution is -2.27. The first-order valence-corrected chi connectivity index (χ1v) is 6.79. The zero-order valence-electron chi connectivity index (χ0n) is 12.8. The Morgan fingerprint density at radius 3 is 2.59 bits per heavy atom. The molecule has 0 aliphatic carbocycles. The predicted octanol–water partition coefficient (Wildman–Crippen LogP) is 2.17. The van der Waals surface area contributed by atoms with Crippen molar-refractivity contribution >= 4 is 11.6 Å². The van der Waals surface area contributed by atoms with Gasteiger partial charge in [0.15, 0.2) is 0 Å². The standard InChI is InChI=1S/C16H19N3O3/c1-10(13-8-12(21-2)5-7-15(13)22-3)19-16(20)14-6-4-11(17)9-18-14/h4-10H,17H2,1-3H3,(H,19,20). The summed E-state index contributed by atoms with van der Waals surface area (Å²) >= 11 is 0. The van der Waals surface area contributed by atoms with Crippen molar-refractivity contribution in [3.8, 4) is 11.5 Å². The summed E-state index contributed by atoms with van der Waals surface area (Å²) in [4.78, 5) is 16.2. The minimum Gasteiger partial charge on any atom is -0.497 e. The van der Waals surface area contributed by atoms with Crippen LogP contribution in [0.2, 0.25) is 0 Å². The Labute approximate surface area is 129 Å². The molecule has 1 heterocycles. The van der Waals surface area contributed by atoms with Gasteiger partial charge in [0, 0.05) is 5.56 Å². The fourth-order valence-corrected chi connectivity index (χ4v) is 2.07. The minimum absolute atomic E-state index is 0.267. The number of hydrogen-bond donors (Lipinski definition) is 2. The molecule has 1 aromatic heterocycles. The van der Waals surface area contributed by atoms with Crippen LogP contribution in [0.25, 0.3) is 0 Å². The maximum absolute atomic E-state index is 12.2. The lowest BCUT2D eigenvalue weighted by Gasteiger charge is -2.18. The van der Waals surface area contributed by atoms with Crippen molar-refractivity contribution in [3.63, 3.8) is 0 Å². The summed E-state index contributed by atoms with van der Waals surface area (Å²) in [6, 6.07) is 8.40. The number of pyridine rings is 1. The molecule has 0 aliphatic rings. The quantitative estimate of drug-likeness (QED) is 0.884. The number of anilines is 1. The Balaban J connectivity index is 2.19. The molecule has 116 valence electrons. The lowest BCUT2D eigenvalue weighted by molar-refractivity contribution is 0.0934. The van der Waals surface area contributed by atoms with E-state index in [-0.39, 0.29) is 11.9 Å². The van der Waals surface area contributed by atoms with Gasteiger partial charge in [-0.15, -0.1) is 0 Å². The molecule has 1 amide bonds. The lowest BCUT2D eigenvalue weighted by atomic mass is 10.1. The topological polar surface area (TPSA) is 86.5 Å². The van der Waals surface area contributed by atoms with Gasteiger partial charge in [-0.25, -0.2) is 4.98 Å². The second-order valence-corrected chi connectivity index (χ2v) is 4.78. The van der Waals surface area contributed by atoms with Crippen molar-refractivity contribution in [1.29, 1.82) is 0 Å². The third kappa shape index (κ3) is 3.46. The molecule has 1 aromatic carbocycles. The van der Waals surface area contributed by atoms with Crippen molar-refractivity contribution in [2.45, 2.75) is 13.0 Å². The maximum atomic E-state index is 12.2. The third-order valence-corrected chi connectivity index (χ3v) is 3.27. The molecule has 0 saturated carbocycles. The van der Waals surface area contributed by atoms with Gasteiger partial charge in [0.25, 0.3) is 5.91 Å². The van der Waals surface area contributed by atoms with E-state index in [1.165, 1.54) is 6.20 Å². The fourth-order valence-electron chi connectivity index (χ4n) is 2.07. The van der Waals surface area contributed by atoms with Crippen LogP contribution in [-0.4, -0.2) is 25.1 Å². The number of nitrogen functional groups attached to an aromatic ring is 1. The molecule has 0 saturated heterocycles. The predicted molar refractivity (Wildman–Crippen MR) is 84.1 cm³/mol. The molecule has 6 nitrogen and oxygen atoms in total. The molecular formula is C16H19N3O3. The molecule has 0 fully saturated rings.